The molecule has 0 aliphatic rings. The van der Waals surface area contributed by atoms with Crippen LogP contribution in [0.25, 0.3) is 0 Å². The molecule has 0 saturated carbocycles. The van der Waals surface area contributed by atoms with E-state index in [9.17, 15) is 9.90 Å². The summed E-state index contributed by atoms with van der Waals surface area (Å²) in [5.74, 6) is 0.538. The molecule has 0 aliphatic carbocycles. The van der Waals surface area contributed by atoms with E-state index in [2.05, 4.69) is 5.32 Å². The SMILES string of the molecule is CCOc1cccc(C(=O)NCC(C)(O)C(C)C)c1. The molecule has 0 radical (unpaired) electrons. The molecule has 1 aromatic carbocycles. The van der Waals surface area contributed by atoms with Crippen LogP contribution in [0.5, 0.6) is 5.75 Å². The number of rotatable bonds is 6. The van der Waals surface area contributed by atoms with E-state index in [0.29, 0.717) is 17.9 Å². The molecule has 106 valence electrons. The zero-order valence-corrected chi connectivity index (χ0v) is 12.1. The van der Waals surface area contributed by atoms with E-state index in [1.807, 2.05) is 26.8 Å². The number of carbonyl (C=O) groups excluding carboxylic acids is 1. The topological polar surface area (TPSA) is 58.6 Å². The van der Waals surface area contributed by atoms with Crippen molar-refractivity contribution in [2.75, 3.05) is 13.2 Å². The molecule has 0 spiro atoms. The van der Waals surface area contributed by atoms with Gasteiger partial charge in [0.25, 0.3) is 5.91 Å². The van der Waals surface area contributed by atoms with Crippen LogP contribution in [0, 0.1) is 5.92 Å². The predicted octanol–water partition coefficient (Wildman–Crippen LogP) is 2.22. The molecule has 1 atom stereocenters. The van der Waals surface area contributed by atoms with Crippen molar-refractivity contribution in [3.63, 3.8) is 0 Å². The molecule has 19 heavy (non-hydrogen) atoms. The Kier molecular flexibility index (Phi) is 5.36. The fourth-order valence-corrected chi connectivity index (χ4v) is 1.46. The maximum atomic E-state index is 12.0. The molecule has 1 aromatic rings. The second kappa shape index (κ2) is 6.57. The van der Waals surface area contributed by atoms with Crippen molar-refractivity contribution >= 4 is 5.91 Å². The quantitative estimate of drug-likeness (QED) is 0.829. The van der Waals surface area contributed by atoms with Crippen molar-refractivity contribution < 1.29 is 14.6 Å². The van der Waals surface area contributed by atoms with E-state index in [1.54, 1.807) is 25.1 Å². The molecule has 0 aliphatic heterocycles. The molecule has 0 aromatic heterocycles. The van der Waals surface area contributed by atoms with Crippen LogP contribution in [-0.2, 0) is 0 Å². The number of carbonyl (C=O) groups is 1. The van der Waals surface area contributed by atoms with Crippen molar-refractivity contribution in [3.05, 3.63) is 29.8 Å². The van der Waals surface area contributed by atoms with E-state index >= 15 is 0 Å². The number of benzene rings is 1. The Morgan fingerprint density at radius 3 is 2.74 bits per heavy atom. The van der Waals surface area contributed by atoms with Gasteiger partial charge in [0.1, 0.15) is 5.75 Å². The van der Waals surface area contributed by atoms with Gasteiger partial charge in [-0.05, 0) is 38.0 Å². The Hall–Kier alpha value is -1.55. The fraction of sp³-hybridized carbons (Fsp3) is 0.533. The Bertz CT molecular complexity index is 427. The van der Waals surface area contributed by atoms with Gasteiger partial charge in [0, 0.05) is 12.1 Å². The summed E-state index contributed by atoms with van der Waals surface area (Å²) in [6, 6.07) is 7.01. The van der Waals surface area contributed by atoms with Crippen LogP contribution in [0.2, 0.25) is 0 Å². The van der Waals surface area contributed by atoms with Gasteiger partial charge in [-0.2, -0.15) is 0 Å². The number of hydrogen-bond acceptors (Lipinski definition) is 3. The molecule has 1 amide bonds. The average molecular weight is 265 g/mol. The first kappa shape index (κ1) is 15.5. The first-order chi connectivity index (χ1) is 8.86. The van der Waals surface area contributed by atoms with Crippen LogP contribution in [0.15, 0.2) is 24.3 Å². The third-order valence-electron chi connectivity index (χ3n) is 3.26. The molecule has 4 heteroatoms. The zero-order chi connectivity index (χ0) is 14.5. The number of hydrogen-bond donors (Lipinski definition) is 2. The molecule has 2 N–H and O–H groups in total. The summed E-state index contributed by atoms with van der Waals surface area (Å²) in [5.41, 5.74) is -0.377. The minimum atomic E-state index is -0.910. The number of amides is 1. The van der Waals surface area contributed by atoms with Crippen LogP contribution in [0.1, 0.15) is 38.1 Å². The summed E-state index contributed by atoms with van der Waals surface area (Å²) >= 11 is 0. The van der Waals surface area contributed by atoms with Gasteiger partial charge in [-0.25, -0.2) is 0 Å². The maximum absolute atomic E-state index is 12.0. The van der Waals surface area contributed by atoms with Crippen molar-refractivity contribution in [2.45, 2.75) is 33.3 Å². The number of nitrogens with one attached hydrogen (secondary N) is 1. The molecular formula is C15H23NO3. The molecule has 0 saturated heterocycles. The Morgan fingerprint density at radius 1 is 1.47 bits per heavy atom. The number of aliphatic hydroxyl groups is 1. The highest BCUT2D eigenvalue weighted by Crippen LogP contribution is 2.16. The van der Waals surface area contributed by atoms with Gasteiger partial charge in [0.15, 0.2) is 0 Å². The molecule has 1 unspecified atom stereocenters. The first-order valence-electron chi connectivity index (χ1n) is 6.60. The predicted molar refractivity (Wildman–Crippen MR) is 75.4 cm³/mol. The lowest BCUT2D eigenvalue weighted by atomic mass is 9.92. The highest BCUT2D eigenvalue weighted by Gasteiger charge is 2.25. The van der Waals surface area contributed by atoms with Crippen molar-refractivity contribution in [3.8, 4) is 5.75 Å². The van der Waals surface area contributed by atoms with Gasteiger partial charge in [-0.15, -0.1) is 0 Å². The Morgan fingerprint density at radius 2 is 2.16 bits per heavy atom. The first-order valence-corrected chi connectivity index (χ1v) is 6.60. The minimum absolute atomic E-state index is 0.0718. The lowest BCUT2D eigenvalue weighted by Crippen LogP contribution is -2.44. The second-order valence-corrected chi connectivity index (χ2v) is 5.16. The normalized spacial score (nSPS) is 14.0. The van der Waals surface area contributed by atoms with Crippen molar-refractivity contribution in [1.82, 2.24) is 5.32 Å². The summed E-state index contributed by atoms with van der Waals surface area (Å²) < 4.78 is 5.35. The standard InChI is InChI=1S/C15H23NO3/c1-5-19-13-8-6-7-12(9-13)14(17)16-10-15(4,18)11(2)3/h6-9,11,18H,5,10H2,1-4H3,(H,16,17). The van der Waals surface area contributed by atoms with Gasteiger partial charge in [-0.3, -0.25) is 4.79 Å². The summed E-state index contributed by atoms with van der Waals surface area (Å²) in [4.78, 5) is 12.0. The average Bonchev–Trinajstić information content (AvgIpc) is 2.36. The van der Waals surface area contributed by atoms with Crippen molar-refractivity contribution in [2.24, 2.45) is 5.92 Å². The van der Waals surface area contributed by atoms with E-state index < -0.39 is 5.60 Å². The highest BCUT2D eigenvalue weighted by atomic mass is 16.5. The molecule has 0 bridgehead atoms. The van der Waals surface area contributed by atoms with Gasteiger partial charge >= 0.3 is 0 Å². The highest BCUT2D eigenvalue weighted by molar-refractivity contribution is 5.94. The van der Waals surface area contributed by atoms with E-state index in [0.717, 1.165) is 0 Å². The van der Waals surface area contributed by atoms with Gasteiger partial charge in [0.05, 0.1) is 12.2 Å². The van der Waals surface area contributed by atoms with Crippen LogP contribution < -0.4 is 10.1 Å². The molecule has 1 rings (SSSR count). The summed E-state index contributed by atoms with van der Waals surface area (Å²) in [7, 11) is 0. The van der Waals surface area contributed by atoms with Crippen molar-refractivity contribution in [1.29, 1.82) is 0 Å². The van der Waals surface area contributed by atoms with Gasteiger partial charge in [-0.1, -0.05) is 19.9 Å². The van der Waals surface area contributed by atoms with Gasteiger partial charge in [0.2, 0.25) is 0 Å². The molecular weight excluding hydrogens is 242 g/mol. The summed E-state index contributed by atoms with van der Waals surface area (Å²) in [6.45, 7) is 8.24. The van der Waals surface area contributed by atoms with E-state index in [1.165, 1.54) is 0 Å². The molecule has 4 nitrogen and oxygen atoms in total. The monoisotopic (exact) mass is 265 g/mol. The second-order valence-electron chi connectivity index (χ2n) is 5.16. The van der Waals surface area contributed by atoms with Crippen LogP contribution in [0.3, 0.4) is 0 Å². The maximum Gasteiger partial charge on any atom is 0.251 e. The van der Waals surface area contributed by atoms with Crippen LogP contribution in [0.4, 0.5) is 0 Å². The largest absolute Gasteiger partial charge is 0.494 e. The van der Waals surface area contributed by atoms with Gasteiger partial charge < -0.3 is 15.2 Å². The van der Waals surface area contributed by atoms with Crippen LogP contribution >= 0.6 is 0 Å². The summed E-state index contributed by atoms with van der Waals surface area (Å²) in [5, 5.41) is 12.8. The Labute approximate surface area is 114 Å². The third-order valence-corrected chi connectivity index (χ3v) is 3.26. The zero-order valence-electron chi connectivity index (χ0n) is 12.1. The Balaban J connectivity index is 2.66. The minimum Gasteiger partial charge on any atom is -0.494 e. The summed E-state index contributed by atoms with van der Waals surface area (Å²) in [6.07, 6.45) is 0. The smallest absolute Gasteiger partial charge is 0.251 e. The molecule has 0 heterocycles. The van der Waals surface area contributed by atoms with E-state index in [-0.39, 0.29) is 18.4 Å². The lowest BCUT2D eigenvalue weighted by molar-refractivity contribution is 0.0142. The number of ether oxygens (including phenoxy) is 1. The lowest BCUT2D eigenvalue weighted by Gasteiger charge is -2.27. The fourth-order valence-electron chi connectivity index (χ4n) is 1.46. The third kappa shape index (κ3) is 4.56. The van der Waals surface area contributed by atoms with Crippen LogP contribution in [-0.4, -0.2) is 29.8 Å². The van der Waals surface area contributed by atoms with E-state index in [4.69, 9.17) is 4.74 Å². The molecule has 0 fully saturated rings.